The van der Waals surface area contributed by atoms with Crippen LogP contribution >= 0.6 is 11.6 Å². The van der Waals surface area contributed by atoms with Crippen molar-refractivity contribution in [3.63, 3.8) is 0 Å². The van der Waals surface area contributed by atoms with E-state index in [0.29, 0.717) is 5.15 Å². The van der Waals surface area contributed by atoms with Crippen LogP contribution < -0.4 is 10.6 Å². The van der Waals surface area contributed by atoms with Crippen LogP contribution in [0.3, 0.4) is 0 Å². The van der Waals surface area contributed by atoms with E-state index < -0.39 is 0 Å². The fourth-order valence-corrected chi connectivity index (χ4v) is 1.56. The maximum Gasteiger partial charge on any atom is 0.230 e. The Kier molecular flexibility index (Phi) is 2.88. The van der Waals surface area contributed by atoms with Gasteiger partial charge in [-0.25, -0.2) is 4.98 Å². The Morgan fingerprint density at radius 3 is 2.87 bits per heavy atom. The van der Waals surface area contributed by atoms with Crippen molar-refractivity contribution in [1.29, 1.82) is 0 Å². The molecular weight excluding hydrogens is 214 g/mol. The van der Waals surface area contributed by atoms with E-state index >= 15 is 0 Å². The summed E-state index contributed by atoms with van der Waals surface area (Å²) in [5, 5.41) is 6.33. The Hall–Kier alpha value is -1.13. The molecule has 0 bridgehead atoms. The number of aryl methyl sites for hydroxylation is 1. The summed E-state index contributed by atoms with van der Waals surface area (Å²) in [4.78, 5) is 15.7. The van der Waals surface area contributed by atoms with Crippen molar-refractivity contribution in [3.05, 3.63) is 23.0 Å². The van der Waals surface area contributed by atoms with Gasteiger partial charge in [0.25, 0.3) is 0 Å². The number of pyridine rings is 1. The summed E-state index contributed by atoms with van der Waals surface area (Å²) >= 11 is 5.72. The molecule has 0 atom stereocenters. The molecular formula is C10H12ClN3O. The second-order valence-electron chi connectivity index (χ2n) is 3.61. The summed E-state index contributed by atoms with van der Waals surface area (Å²) < 4.78 is 0. The van der Waals surface area contributed by atoms with Crippen LogP contribution in [0.15, 0.2) is 12.1 Å². The topological polar surface area (TPSA) is 54.0 Å². The lowest BCUT2D eigenvalue weighted by molar-refractivity contribution is -0.121. The highest BCUT2D eigenvalue weighted by molar-refractivity contribution is 6.29. The molecule has 0 saturated carbocycles. The highest BCUT2D eigenvalue weighted by Gasteiger charge is 2.25. The first-order valence-electron chi connectivity index (χ1n) is 4.81. The number of carbonyl (C=O) groups excluding carboxylic acids is 1. The predicted octanol–water partition coefficient (Wildman–Crippen LogP) is 1.20. The van der Waals surface area contributed by atoms with Gasteiger partial charge in [0, 0.05) is 13.1 Å². The van der Waals surface area contributed by atoms with Crippen LogP contribution in [0.2, 0.25) is 5.15 Å². The molecule has 0 unspecified atom stereocenters. The molecule has 0 radical (unpaired) electrons. The van der Waals surface area contributed by atoms with Gasteiger partial charge in [-0.05, 0) is 19.1 Å². The minimum atomic E-state index is 0.0426. The number of halogens is 1. The van der Waals surface area contributed by atoms with Gasteiger partial charge in [-0.15, -0.1) is 0 Å². The van der Waals surface area contributed by atoms with Crippen LogP contribution in [0.4, 0.5) is 5.69 Å². The minimum Gasteiger partial charge on any atom is -0.324 e. The minimum absolute atomic E-state index is 0.0426. The molecule has 80 valence electrons. The SMILES string of the molecule is Cc1nc(Cl)ccc1NC(=O)C1CNC1. The standard InChI is InChI=1S/C10H12ClN3O/c1-6-8(2-3-9(11)13-6)14-10(15)7-4-12-5-7/h2-3,7,12H,4-5H2,1H3,(H,14,15). The third-order valence-corrected chi connectivity index (χ3v) is 2.67. The normalized spacial score (nSPS) is 15.9. The number of nitrogens with one attached hydrogen (secondary N) is 2. The first-order valence-corrected chi connectivity index (χ1v) is 5.19. The van der Waals surface area contributed by atoms with Crippen molar-refractivity contribution < 1.29 is 4.79 Å². The van der Waals surface area contributed by atoms with Gasteiger partial charge in [0.2, 0.25) is 5.91 Å². The zero-order valence-electron chi connectivity index (χ0n) is 8.38. The second kappa shape index (κ2) is 4.16. The van der Waals surface area contributed by atoms with Crippen LogP contribution in [0.5, 0.6) is 0 Å². The Morgan fingerprint density at radius 1 is 1.60 bits per heavy atom. The lowest BCUT2D eigenvalue weighted by atomic mass is 10.0. The molecule has 1 amide bonds. The zero-order valence-corrected chi connectivity index (χ0v) is 9.14. The quantitative estimate of drug-likeness (QED) is 0.744. The summed E-state index contributed by atoms with van der Waals surface area (Å²) in [6.07, 6.45) is 0. The summed E-state index contributed by atoms with van der Waals surface area (Å²) in [6.45, 7) is 3.33. The van der Waals surface area contributed by atoms with E-state index in [4.69, 9.17) is 11.6 Å². The lowest BCUT2D eigenvalue weighted by Gasteiger charge is -2.25. The van der Waals surface area contributed by atoms with Gasteiger partial charge in [-0.1, -0.05) is 11.6 Å². The largest absolute Gasteiger partial charge is 0.324 e. The number of carbonyl (C=O) groups is 1. The van der Waals surface area contributed by atoms with Crippen molar-refractivity contribution in [1.82, 2.24) is 10.3 Å². The molecule has 1 aliphatic rings. The molecule has 0 aliphatic carbocycles. The maximum atomic E-state index is 11.6. The number of rotatable bonds is 2. The molecule has 1 aliphatic heterocycles. The Morgan fingerprint density at radius 2 is 2.33 bits per heavy atom. The Bertz CT molecular complexity index is 390. The van der Waals surface area contributed by atoms with Gasteiger partial charge in [0.15, 0.2) is 0 Å². The van der Waals surface area contributed by atoms with Gasteiger partial charge < -0.3 is 10.6 Å². The highest BCUT2D eigenvalue weighted by Crippen LogP contribution is 2.17. The summed E-state index contributed by atoms with van der Waals surface area (Å²) in [5.41, 5.74) is 1.47. The molecule has 2 heterocycles. The van der Waals surface area contributed by atoms with Gasteiger partial charge in [-0.2, -0.15) is 0 Å². The molecule has 0 spiro atoms. The maximum absolute atomic E-state index is 11.6. The molecule has 4 nitrogen and oxygen atoms in total. The average Bonchev–Trinajstić information content (AvgIpc) is 2.07. The molecule has 0 aromatic carbocycles. The average molecular weight is 226 g/mol. The second-order valence-corrected chi connectivity index (χ2v) is 4.00. The summed E-state index contributed by atoms with van der Waals surface area (Å²) in [5.74, 6) is 0.126. The van der Waals surface area contributed by atoms with Gasteiger partial charge in [0.1, 0.15) is 5.15 Å². The van der Waals surface area contributed by atoms with E-state index in [0.717, 1.165) is 24.5 Å². The molecule has 1 saturated heterocycles. The molecule has 15 heavy (non-hydrogen) atoms. The molecule has 1 aromatic rings. The summed E-state index contributed by atoms with van der Waals surface area (Å²) in [7, 11) is 0. The van der Waals surface area contributed by atoms with E-state index in [1.165, 1.54) is 0 Å². The molecule has 2 N–H and O–H groups in total. The van der Waals surface area contributed by atoms with E-state index in [1.54, 1.807) is 12.1 Å². The van der Waals surface area contributed by atoms with E-state index in [-0.39, 0.29) is 11.8 Å². The molecule has 5 heteroatoms. The smallest absolute Gasteiger partial charge is 0.230 e. The fourth-order valence-electron chi connectivity index (χ4n) is 1.37. The monoisotopic (exact) mass is 225 g/mol. The number of hydrogen-bond donors (Lipinski definition) is 2. The third kappa shape index (κ3) is 2.27. The predicted molar refractivity (Wildman–Crippen MR) is 59.0 cm³/mol. The molecule has 1 aromatic heterocycles. The molecule has 2 rings (SSSR count). The Balaban J connectivity index is 2.06. The zero-order chi connectivity index (χ0) is 10.8. The number of aromatic nitrogens is 1. The van der Waals surface area contributed by atoms with Gasteiger partial charge in [0.05, 0.1) is 17.3 Å². The number of anilines is 1. The number of amides is 1. The number of hydrogen-bond acceptors (Lipinski definition) is 3. The van der Waals surface area contributed by atoms with Crippen LogP contribution in [0.25, 0.3) is 0 Å². The van der Waals surface area contributed by atoms with Crippen LogP contribution in [0.1, 0.15) is 5.69 Å². The van der Waals surface area contributed by atoms with E-state index in [2.05, 4.69) is 15.6 Å². The fraction of sp³-hybridized carbons (Fsp3) is 0.400. The van der Waals surface area contributed by atoms with Gasteiger partial charge in [-0.3, -0.25) is 4.79 Å². The Labute approximate surface area is 93.0 Å². The van der Waals surface area contributed by atoms with E-state index in [1.807, 2.05) is 6.92 Å². The first kappa shape index (κ1) is 10.4. The van der Waals surface area contributed by atoms with Gasteiger partial charge >= 0.3 is 0 Å². The van der Waals surface area contributed by atoms with Crippen molar-refractivity contribution >= 4 is 23.2 Å². The van der Waals surface area contributed by atoms with Crippen molar-refractivity contribution in [2.24, 2.45) is 5.92 Å². The van der Waals surface area contributed by atoms with Crippen molar-refractivity contribution in [2.75, 3.05) is 18.4 Å². The van der Waals surface area contributed by atoms with Crippen molar-refractivity contribution in [3.8, 4) is 0 Å². The van der Waals surface area contributed by atoms with Crippen LogP contribution in [-0.4, -0.2) is 24.0 Å². The van der Waals surface area contributed by atoms with E-state index in [9.17, 15) is 4.79 Å². The lowest BCUT2D eigenvalue weighted by Crippen LogP contribution is -2.48. The van der Waals surface area contributed by atoms with Crippen LogP contribution in [-0.2, 0) is 4.79 Å². The highest BCUT2D eigenvalue weighted by atomic mass is 35.5. The number of nitrogens with zero attached hydrogens (tertiary/aromatic N) is 1. The van der Waals surface area contributed by atoms with Crippen molar-refractivity contribution in [2.45, 2.75) is 6.92 Å². The third-order valence-electron chi connectivity index (χ3n) is 2.46. The van der Waals surface area contributed by atoms with Crippen LogP contribution in [0, 0.1) is 12.8 Å². The first-order chi connectivity index (χ1) is 7.16. The summed E-state index contributed by atoms with van der Waals surface area (Å²) in [6, 6.07) is 3.44. The molecule has 1 fully saturated rings.